The first-order valence-electron chi connectivity index (χ1n) is 45.4. The van der Waals surface area contributed by atoms with Crippen LogP contribution in [-0.2, 0) is 71.6 Å². The van der Waals surface area contributed by atoms with Gasteiger partial charge in [-0.15, -0.1) is 41.6 Å². The summed E-state index contributed by atoms with van der Waals surface area (Å²) in [5.41, 5.74) is 15.8. The molecule has 11 aromatic rings. The van der Waals surface area contributed by atoms with Gasteiger partial charge in [-0.1, -0.05) is 236 Å². The van der Waals surface area contributed by atoms with Crippen LogP contribution in [0.4, 0.5) is 0 Å². The zero-order valence-corrected chi connectivity index (χ0v) is 84.0. The number of methoxy groups -OCH3 is 1. The highest BCUT2D eigenvalue weighted by Crippen LogP contribution is 2.43. The van der Waals surface area contributed by atoms with Crippen LogP contribution in [0.3, 0.4) is 0 Å². The molecule has 3 aliphatic rings. The van der Waals surface area contributed by atoms with E-state index in [4.69, 9.17) is 42.1 Å². The monoisotopic (exact) mass is 1860 g/mol. The van der Waals surface area contributed by atoms with Gasteiger partial charge in [0.2, 0.25) is 0 Å². The average Bonchev–Trinajstić information content (AvgIpc) is 1.48. The maximum atomic E-state index is 12.0. The molecule has 718 valence electrons. The summed E-state index contributed by atoms with van der Waals surface area (Å²) >= 11 is 11.2. The first-order chi connectivity index (χ1) is 62.1. The number of aromatic nitrogens is 6. The highest BCUT2D eigenvalue weighted by atomic mass is 35.5. The number of carbonyl (C=O) groups is 5. The standard InChI is InChI=1S/C20H25N3O.C19H30O3.C17H16O2.C16H29NO5.C15H16O2.C14H12ClN3O.C4H8O.C3H5ClO/c1-19(2,3)13-11-14(20(4,5)6)18(24)17(12-13)23-21-15-9-7-8-10-16(15)22-23;1-8-22-16(20)10-9-13-11-14(18(2,3)4)17(21)15(12-13)19(5,6)7;1-12-3-7-14(8-4-12)16(18)11-17(19)15-9-5-13(2)6-10-15;1-15(2)10-12(18)11-16(3,4)17(15)8-9-22-14(20)7-6-13(19)21-5;1-15(2,11-3-7-13(16)8-4-11)12-5-9-14(17)10-6-12;1-8-5-9(2)14(19)13(6-8)18-16-11-4-3-10(15)7-12(11)17-18;1-2-4-3-5-4;4-1-3-2-5-3/h7-12,24H,1-6H3;11-12,21H,8-10H2,1-7H3;3-10H,11H2,1-2H3;12,18H,6-11H2,1-5H3;3-10,16-17H,1-2H3;3-7,19H,1-2H3;4H,2-3H2,1H3;3H,1-2H2. The minimum Gasteiger partial charge on any atom is -0.508 e. The number of phenols is 5. The Hall–Kier alpha value is -11.1. The minimum atomic E-state index is -0.413. The molecule has 3 fully saturated rings. The van der Waals surface area contributed by atoms with Gasteiger partial charge >= 0.3 is 17.9 Å². The van der Waals surface area contributed by atoms with Crippen molar-refractivity contribution in [1.82, 2.24) is 34.9 Å². The van der Waals surface area contributed by atoms with E-state index in [-0.39, 0.29) is 111 Å². The Balaban J connectivity index is 0.000000213. The summed E-state index contributed by atoms with van der Waals surface area (Å²) in [6.45, 7) is 52.8. The van der Waals surface area contributed by atoms with E-state index in [0.29, 0.717) is 95.7 Å². The molecule has 23 nitrogen and oxygen atoms in total. The van der Waals surface area contributed by atoms with Crippen molar-refractivity contribution < 1.29 is 78.3 Å². The number of Topliss-reactive ketones (excluding diaryl/α,β-unsaturated/α-hetero) is 2. The van der Waals surface area contributed by atoms with E-state index in [1.165, 1.54) is 18.3 Å². The highest BCUT2D eigenvalue weighted by Gasteiger charge is 2.45. The quantitative estimate of drug-likeness (QED) is 0.0103. The molecule has 3 saturated heterocycles. The Labute approximate surface area is 796 Å². The number of carbonyl (C=O) groups excluding carboxylic acids is 5. The van der Waals surface area contributed by atoms with E-state index in [0.717, 1.165) is 91.0 Å². The number of alkyl halides is 1. The van der Waals surface area contributed by atoms with E-state index in [1.807, 2.05) is 138 Å². The van der Waals surface area contributed by atoms with Gasteiger partial charge in [-0.05, 0) is 221 Å². The number of hydrogen-bond acceptors (Lipinski definition) is 21. The first kappa shape index (κ1) is 109. The van der Waals surface area contributed by atoms with Gasteiger partial charge < -0.3 is 54.3 Å². The van der Waals surface area contributed by atoms with E-state index in [2.05, 4.69) is 168 Å². The van der Waals surface area contributed by atoms with E-state index < -0.39 is 11.9 Å². The van der Waals surface area contributed by atoms with Crippen LogP contribution >= 0.6 is 23.2 Å². The third-order valence-electron chi connectivity index (χ3n) is 22.9. The lowest BCUT2D eigenvalue weighted by molar-refractivity contribution is -0.151. The van der Waals surface area contributed by atoms with Crippen LogP contribution in [0.25, 0.3) is 33.4 Å². The number of nitrogens with zero attached hydrogens (tertiary/aromatic N) is 7. The molecule has 25 heteroatoms. The number of halogens is 2. The number of likely N-dealkylation sites (tertiary alicyclic amines) is 1. The molecule has 2 aromatic heterocycles. The van der Waals surface area contributed by atoms with Crippen molar-refractivity contribution in [3.05, 3.63) is 253 Å². The van der Waals surface area contributed by atoms with Gasteiger partial charge in [-0.3, -0.25) is 28.9 Å². The van der Waals surface area contributed by atoms with Crippen LogP contribution in [0.15, 0.2) is 176 Å². The number of aryl methyl sites for hydroxylation is 5. The molecule has 133 heavy (non-hydrogen) atoms. The van der Waals surface area contributed by atoms with Gasteiger partial charge in [0.25, 0.3) is 0 Å². The van der Waals surface area contributed by atoms with E-state index >= 15 is 0 Å². The number of hydrogen-bond donors (Lipinski definition) is 6. The fourth-order valence-corrected chi connectivity index (χ4v) is 15.3. The van der Waals surface area contributed by atoms with Gasteiger partial charge in [-0.2, -0.15) is 0 Å². The number of ether oxygens (including phenoxy) is 5. The van der Waals surface area contributed by atoms with Crippen molar-refractivity contribution in [1.29, 1.82) is 0 Å². The average molecular weight is 1860 g/mol. The van der Waals surface area contributed by atoms with Crippen molar-refractivity contribution in [2.75, 3.05) is 46.0 Å². The molecule has 0 spiro atoms. The van der Waals surface area contributed by atoms with Gasteiger partial charge in [-0.25, -0.2) is 0 Å². The largest absolute Gasteiger partial charge is 0.508 e. The number of esters is 3. The second-order valence-corrected chi connectivity index (χ2v) is 40.6. The number of fused-ring (bicyclic) bond motifs is 2. The molecule has 5 heterocycles. The highest BCUT2D eigenvalue weighted by molar-refractivity contribution is 6.31. The lowest BCUT2D eigenvalue weighted by atomic mass is 9.78. The van der Waals surface area contributed by atoms with Crippen LogP contribution in [0, 0.1) is 27.7 Å². The lowest BCUT2D eigenvalue weighted by Gasteiger charge is -2.54. The summed E-state index contributed by atoms with van der Waals surface area (Å²) in [7, 11) is 1.29. The molecule has 2 unspecified atom stereocenters. The zero-order valence-electron chi connectivity index (χ0n) is 82.5. The second kappa shape index (κ2) is 47.7. The lowest BCUT2D eigenvalue weighted by Crippen LogP contribution is -2.62. The van der Waals surface area contributed by atoms with Crippen molar-refractivity contribution in [3.63, 3.8) is 0 Å². The minimum absolute atomic E-state index is 0.0327. The van der Waals surface area contributed by atoms with E-state index in [9.17, 15) is 54.6 Å². The van der Waals surface area contributed by atoms with E-state index in [1.54, 1.807) is 71.5 Å². The summed E-state index contributed by atoms with van der Waals surface area (Å²) in [6, 6.07) is 54.0. The Bertz CT molecular complexity index is 5470. The Morgan fingerprint density at radius 1 is 0.474 bits per heavy atom. The van der Waals surface area contributed by atoms with Crippen LogP contribution in [0.1, 0.15) is 265 Å². The number of piperidine rings is 1. The first-order valence-corrected chi connectivity index (χ1v) is 46.3. The maximum Gasteiger partial charge on any atom is 0.306 e. The maximum absolute atomic E-state index is 12.0. The number of aromatic hydroxyl groups is 5. The number of epoxide rings is 2. The van der Waals surface area contributed by atoms with Gasteiger partial charge in [0, 0.05) is 51.2 Å². The van der Waals surface area contributed by atoms with Crippen molar-refractivity contribution in [2.45, 2.75) is 274 Å². The molecule has 2 atom stereocenters. The fourth-order valence-electron chi connectivity index (χ4n) is 15.0. The van der Waals surface area contributed by atoms with Gasteiger partial charge in [0.1, 0.15) is 68.8 Å². The number of ketones is 2. The number of rotatable bonds is 20. The van der Waals surface area contributed by atoms with Crippen molar-refractivity contribution in [3.8, 4) is 40.1 Å². The molecular formula is C108H141Cl2N7O16. The second-order valence-electron chi connectivity index (χ2n) is 39.9. The summed E-state index contributed by atoms with van der Waals surface area (Å²) in [5, 5.41) is 78.7. The Kier molecular flexibility index (Phi) is 39.1. The third-order valence-corrected chi connectivity index (χ3v) is 23.5. The Morgan fingerprint density at radius 3 is 1.31 bits per heavy atom. The molecular weight excluding hydrogens is 1720 g/mol. The fraction of sp³-hybridized carbons (Fsp3) is 0.454. The molecule has 14 rings (SSSR count). The molecule has 0 bridgehead atoms. The Morgan fingerprint density at radius 2 is 0.902 bits per heavy atom. The summed E-state index contributed by atoms with van der Waals surface area (Å²) < 4.78 is 24.3. The number of phenolic OH excluding ortho intramolecular Hbond substituents is 5. The molecule has 0 radical (unpaired) electrons. The van der Waals surface area contributed by atoms with Gasteiger partial charge in [0.05, 0.1) is 70.4 Å². The molecule has 0 saturated carbocycles. The summed E-state index contributed by atoms with van der Waals surface area (Å²) in [6.07, 6.45) is 4.33. The predicted octanol–water partition coefficient (Wildman–Crippen LogP) is 22.7. The van der Waals surface area contributed by atoms with Crippen molar-refractivity contribution >= 4 is 74.7 Å². The van der Waals surface area contributed by atoms with Crippen LogP contribution < -0.4 is 0 Å². The van der Waals surface area contributed by atoms with Crippen molar-refractivity contribution in [2.24, 2.45) is 0 Å². The topological polar surface area (TPSA) is 324 Å². The normalized spacial score (nSPS) is 14.9. The van der Waals surface area contributed by atoms with Crippen LogP contribution in [-0.4, -0.2) is 170 Å². The smallest absolute Gasteiger partial charge is 0.306 e. The SMILES string of the molecule is CC(C)(C)c1cc(-n2nc3ccccc3n2)c(O)c(C(C)(C)C)c1.CC(C)(c1ccc(O)cc1)c1ccc(O)cc1.CCC1CO1.CCOC(=O)CCc1cc(C(C)(C)C)c(O)c(C(C)(C)C)c1.COC(=O)CCC(=O)OCCN1C(C)(C)CC(O)CC1(C)C.Cc1cc(C)c(O)c(-n2nc3ccc(Cl)cc3n2)c1.Cc1ccc(C(=O)CC(=O)c2ccc(C)cc2)cc1.ClCC1CO1. The summed E-state index contributed by atoms with van der Waals surface area (Å²) in [5.74, 6) is 0.779. The zero-order chi connectivity index (χ0) is 99.1. The van der Waals surface area contributed by atoms with Gasteiger partial charge in [0.15, 0.2) is 11.6 Å². The van der Waals surface area contributed by atoms with Crippen LogP contribution in [0.5, 0.6) is 28.7 Å². The van der Waals surface area contributed by atoms with Crippen LogP contribution in [0.2, 0.25) is 5.02 Å². The number of aliphatic hydroxyl groups excluding tert-OH is 1. The molecule has 3 aliphatic heterocycles. The summed E-state index contributed by atoms with van der Waals surface area (Å²) in [4.78, 5) is 63.4. The number of benzene rings is 9. The molecule has 0 amide bonds. The predicted molar refractivity (Wildman–Crippen MR) is 530 cm³/mol. The molecule has 9 aromatic carbocycles. The molecule has 0 aliphatic carbocycles. The number of aliphatic hydroxyl groups is 1. The molecule has 6 N–H and O–H groups in total. The third kappa shape index (κ3) is 33.5.